The number of hydrogen-bond acceptors (Lipinski definition) is 5. The fourth-order valence-electron chi connectivity index (χ4n) is 1.69. The van der Waals surface area contributed by atoms with E-state index < -0.39 is 23.3 Å². The standard InChI is InChI=1S/C15H25N3O4/c1-14(2,3)21-12(19)10-18(11-8-9-16-17(11)7)13(20)22-15(4,5)6/h8-9H,10H2,1-7H3. The van der Waals surface area contributed by atoms with E-state index in [4.69, 9.17) is 9.47 Å². The van der Waals surface area contributed by atoms with Gasteiger partial charge in [-0.3, -0.25) is 14.4 Å². The number of esters is 1. The van der Waals surface area contributed by atoms with E-state index in [-0.39, 0.29) is 6.54 Å². The molecule has 1 aromatic heterocycles. The molecule has 0 unspecified atom stereocenters. The molecule has 1 rings (SSSR count). The summed E-state index contributed by atoms with van der Waals surface area (Å²) < 4.78 is 12.1. The molecule has 0 aliphatic rings. The third-order valence-electron chi connectivity index (χ3n) is 2.39. The first-order valence-electron chi connectivity index (χ1n) is 7.09. The second-order valence-electron chi connectivity index (χ2n) is 6.97. The fourth-order valence-corrected chi connectivity index (χ4v) is 1.69. The van der Waals surface area contributed by atoms with Crippen LogP contribution >= 0.6 is 0 Å². The molecule has 124 valence electrons. The summed E-state index contributed by atoms with van der Waals surface area (Å²) in [6.45, 7) is 10.4. The SMILES string of the molecule is Cn1nccc1N(CC(=O)OC(C)(C)C)C(=O)OC(C)(C)C. The summed E-state index contributed by atoms with van der Waals surface area (Å²) in [5.74, 6) is -0.0559. The summed E-state index contributed by atoms with van der Waals surface area (Å²) in [6, 6.07) is 1.63. The molecule has 1 heterocycles. The van der Waals surface area contributed by atoms with Gasteiger partial charge in [-0.15, -0.1) is 0 Å². The third-order valence-corrected chi connectivity index (χ3v) is 2.39. The Morgan fingerprint density at radius 1 is 1.14 bits per heavy atom. The van der Waals surface area contributed by atoms with Gasteiger partial charge in [0.05, 0.1) is 6.20 Å². The quantitative estimate of drug-likeness (QED) is 0.802. The molecular formula is C15H25N3O4. The molecular weight excluding hydrogens is 286 g/mol. The summed E-state index contributed by atoms with van der Waals surface area (Å²) in [5.41, 5.74) is -1.29. The summed E-state index contributed by atoms with van der Waals surface area (Å²) >= 11 is 0. The topological polar surface area (TPSA) is 73.7 Å². The number of carbonyl (C=O) groups is 2. The zero-order valence-corrected chi connectivity index (χ0v) is 14.3. The highest BCUT2D eigenvalue weighted by Gasteiger charge is 2.29. The molecule has 0 N–H and O–H groups in total. The molecule has 0 fully saturated rings. The lowest BCUT2D eigenvalue weighted by atomic mass is 10.2. The lowest BCUT2D eigenvalue weighted by Crippen LogP contribution is -2.42. The Labute approximate surface area is 131 Å². The van der Waals surface area contributed by atoms with Gasteiger partial charge in [0.2, 0.25) is 0 Å². The molecule has 0 spiro atoms. The van der Waals surface area contributed by atoms with Crippen molar-refractivity contribution in [1.29, 1.82) is 0 Å². The van der Waals surface area contributed by atoms with Gasteiger partial charge in [-0.05, 0) is 41.5 Å². The molecule has 0 radical (unpaired) electrons. The minimum atomic E-state index is -0.665. The zero-order chi connectivity index (χ0) is 17.1. The van der Waals surface area contributed by atoms with Crippen LogP contribution < -0.4 is 4.90 Å². The predicted octanol–water partition coefficient (Wildman–Crippen LogP) is 2.50. The Morgan fingerprint density at radius 2 is 1.68 bits per heavy atom. The minimum Gasteiger partial charge on any atom is -0.459 e. The number of rotatable bonds is 3. The maximum Gasteiger partial charge on any atom is 0.416 e. The highest BCUT2D eigenvalue weighted by Crippen LogP contribution is 2.18. The van der Waals surface area contributed by atoms with Crippen LogP contribution in [-0.2, 0) is 21.3 Å². The number of anilines is 1. The van der Waals surface area contributed by atoms with Gasteiger partial charge in [-0.1, -0.05) is 0 Å². The molecule has 7 heteroatoms. The van der Waals surface area contributed by atoms with Crippen LogP contribution in [0.4, 0.5) is 10.6 Å². The van der Waals surface area contributed by atoms with E-state index in [1.165, 1.54) is 9.58 Å². The molecule has 1 amide bonds. The van der Waals surface area contributed by atoms with E-state index in [1.54, 1.807) is 60.9 Å². The number of hydrogen-bond donors (Lipinski definition) is 0. The zero-order valence-electron chi connectivity index (χ0n) is 14.3. The van der Waals surface area contributed by atoms with Crippen molar-refractivity contribution in [1.82, 2.24) is 9.78 Å². The number of carbonyl (C=O) groups excluding carboxylic acids is 2. The molecule has 1 aromatic rings. The van der Waals surface area contributed by atoms with Crippen LogP contribution in [0.3, 0.4) is 0 Å². The van der Waals surface area contributed by atoms with E-state index in [0.29, 0.717) is 5.82 Å². The Bertz CT molecular complexity index is 538. The smallest absolute Gasteiger partial charge is 0.416 e. The lowest BCUT2D eigenvalue weighted by molar-refractivity contribution is -0.153. The first-order valence-corrected chi connectivity index (χ1v) is 7.09. The average Bonchev–Trinajstić information content (AvgIpc) is 2.67. The van der Waals surface area contributed by atoms with E-state index >= 15 is 0 Å². The molecule has 7 nitrogen and oxygen atoms in total. The maximum atomic E-state index is 12.4. The van der Waals surface area contributed by atoms with Crippen LogP contribution in [0, 0.1) is 0 Å². The van der Waals surface area contributed by atoms with Crippen molar-refractivity contribution in [3.63, 3.8) is 0 Å². The fraction of sp³-hybridized carbons (Fsp3) is 0.667. The number of aryl methyl sites for hydroxylation is 1. The van der Waals surface area contributed by atoms with E-state index in [9.17, 15) is 9.59 Å². The van der Waals surface area contributed by atoms with Crippen LogP contribution in [0.25, 0.3) is 0 Å². The molecule has 0 saturated heterocycles. The van der Waals surface area contributed by atoms with Crippen molar-refractivity contribution in [3.05, 3.63) is 12.3 Å². The van der Waals surface area contributed by atoms with Gasteiger partial charge in [-0.2, -0.15) is 5.10 Å². The molecule has 0 atom stereocenters. The highest BCUT2D eigenvalue weighted by molar-refractivity contribution is 5.92. The predicted molar refractivity (Wildman–Crippen MR) is 82.6 cm³/mol. The van der Waals surface area contributed by atoms with Gasteiger partial charge in [-0.25, -0.2) is 4.79 Å². The number of aromatic nitrogens is 2. The van der Waals surface area contributed by atoms with Crippen molar-refractivity contribution in [2.45, 2.75) is 52.7 Å². The second kappa shape index (κ2) is 6.37. The minimum absolute atomic E-state index is 0.244. The van der Waals surface area contributed by atoms with Gasteiger partial charge in [0.15, 0.2) is 0 Å². The first kappa shape index (κ1) is 18.0. The molecule has 0 bridgehead atoms. The van der Waals surface area contributed by atoms with Gasteiger partial charge in [0, 0.05) is 13.1 Å². The van der Waals surface area contributed by atoms with Gasteiger partial charge in [0.1, 0.15) is 23.6 Å². The molecule has 0 aromatic carbocycles. The average molecular weight is 311 g/mol. The van der Waals surface area contributed by atoms with Gasteiger partial charge in [0.25, 0.3) is 0 Å². The molecule has 0 aliphatic carbocycles. The molecule has 22 heavy (non-hydrogen) atoms. The maximum absolute atomic E-state index is 12.4. The second-order valence-corrected chi connectivity index (χ2v) is 6.97. The monoisotopic (exact) mass is 311 g/mol. The van der Waals surface area contributed by atoms with Crippen LogP contribution in [-0.4, -0.2) is 39.6 Å². The van der Waals surface area contributed by atoms with E-state index in [1.807, 2.05) is 0 Å². The molecule has 0 saturated carbocycles. The van der Waals surface area contributed by atoms with Gasteiger partial charge < -0.3 is 9.47 Å². The Hall–Kier alpha value is -2.05. The number of nitrogens with zero attached hydrogens (tertiary/aromatic N) is 3. The Balaban J connectivity index is 2.96. The van der Waals surface area contributed by atoms with Crippen molar-refractivity contribution in [3.8, 4) is 0 Å². The summed E-state index contributed by atoms with van der Waals surface area (Å²) in [4.78, 5) is 25.6. The normalized spacial score (nSPS) is 12.0. The van der Waals surface area contributed by atoms with Crippen LogP contribution in [0.1, 0.15) is 41.5 Å². The summed E-state index contributed by atoms with van der Waals surface area (Å²) in [6.07, 6.45) is 0.920. The Morgan fingerprint density at radius 3 is 2.09 bits per heavy atom. The summed E-state index contributed by atoms with van der Waals surface area (Å²) in [7, 11) is 1.68. The summed E-state index contributed by atoms with van der Waals surface area (Å²) in [5, 5.41) is 4.01. The van der Waals surface area contributed by atoms with Crippen molar-refractivity contribution in [2.75, 3.05) is 11.4 Å². The lowest BCUT2D eigenvalue weighted by Gasteiger charge is -2.28. The first-order chi connectivity index (χ1) is 9.89. The van der Waals surface area contributed by atoms with Crippen molar-refractivity contribution < 1.29 is 19.1 Å². The van der Waals surface area contributed by atoms with E-state index in [0.717, 1.165) is 0 Å². The van der Waals surface area contributed by atoms with Crippen molar-refractivity contribution >= 4 is 17.9 Å². The highest BCUT2D eigenvalue weighted by atomic mass is 16.6. The van der Waals surface area contributed by atoms with Crippen molar-refractivity contribution in [2.24, 2.45) is 7.05 Å². The van der Waals surface area contributed by atoms with E-state index in [2.05, 4.69) is 5.10 Å². The van der Waals surface area contributed by atoms with Gasteiger partial charge >= 0.3 is 12.1 Å². The number of ether oxygens (including phenoxy) is 2. The van der Waals surface area contributed by atoms with Crippen LogP contribution in [0.15, 0.2) is 12.3 Å². The number of amides is 1. The third kappa shape index (κ3) is 5.75. The van der Waals surface area contributed by atoms with Crippen LogP contribution in [0.5, 0.6) is 0 Å². The molecule has 0 aliphatic heterocycles. The van der Waals surface area contributed by atoms with Crippen LogP contribution in [0.2, 0.25) is 0 Å². The largest absolute Gasteiger partial charge is 0.459 e. The Kier molecular flexibility index (Phi) is 5.22.